The van der Waals surface area contributed by atoms with Gasteiger partial charge in [0.2, 0.25) is 15.9 Å². The maximum Gasteiger partial charge on any atom is 0.270 e. The summed E-state index contributed by atoms with van der Waals surface area (Å²) in [6.45, 7) is 0.138. The fourth-order valence-corrected chi connectivity index (χ4v) is 4.67. The quantitative estimate of drug-likeness (QED) is 0.389. The summed E-state index contributed by atoms with van der Waals surface area (Å²) in [5.41, 5.74) is 2.22. The third kappa shape index (κ3) is 5.39. The highest BCUT2D eigenvalue weighted by Crippen LogP contribution is 2.33. The van der Waals surface area contributed by atoms with Gasteiger partial charge in [0.1, 0.15) is 0 Å². The normalized spacial score (nSPS) is 16.1. The zero-order chi connectivity index (χ0) is 20.9. The lowest BCUT2D eigenvalue weighted by Gasteiger charge is -2.25. The zero-order valence-corrected chi connectivity index (χ0v) is 16.7. The van der Waals surface area contributed by atoms with Gasteiger partial charge in [0.15, 0.2) is 0 Å². The number of rotatable bonds is 8. The molecule has 0 heterocycles. The van der Waals surface area contributed by atoms with Crippen LogP contribution in [0.15, 0.2) is 53.4 Å². The van der Waals surface area contributed by atoms with E-state index in [1.807, 2.05) is 12.1 Å². The Kier molecular flexibility index (Phi) is 6.60. The van der Waals surface area contributed by atoms with Crippen molar-refractivity contribution in [1.82, 2.24) is 10.0 Å². The molecule has 2 N–H and O–H groups in total. The molecule has 2 aromatic carbocycles. The largest absolute Gasteiger partial charge is 0.355 e. The molecule has 0 aliphatic heterocycles. The number of nitro groups is 1. The number of aryl methyl sites for hydroxylation is 1. The van der Waals surface area contributed by atoms with Gasteiger partial charge in [0.25, 0.3) is 5.69 Å². The minimum atomic E-state index is -3.89. The monoisotopic (exact) mass is 417 g/mol. The first-order valence-electron chi connectivity index (χ1n) is 9.45. The summed E-state index contributed by atoms with van der Waals surface area (Å²) in [5, 5.41) is 13.5. The first kappa shape index (κ1) is 20.9. The summed E-state index contributed by atoms with van der Waals surface area (Å²) in [7, 11) is -3.89. The van der Waals surface area contributed by atoms with Gasteiger partial charge in [-0.1, -0.05) is 30.3 Å². The van der Waals surface area contributed by atoms with Crippen molar-refractivity contribution in [3.8, 4) is 0 Å². The second-order valence-electron chi connectivity index (χ2n) is 6.99. The molecular weight excluding hydrogens is 394 g/mol. The lowest BCUT2D eigenvalue weighted by molar-refractivity contribution is -0.385. The van der Waals surface area contributed by atoms with Crippen LogP contribution in [0.1, 0.15) is 36.3 Å². The van der Waals surface area contributed by atoms with E-state index in [0.29, 0.717) is 6.42 Å². The van der Waals surface area contributed by atoms with Gasteiger partial charge in [0, 0.05) is 31.6 Å². The number of benzene rings is 2. The Balaban J connectivity index is 1.49. The van der Waals surface area contributed by atoms with Gasteiger partial charge >= 0.3 is 0 Å². The van der Waals surface area contributed by atoms with Gasteiger partial charge in [-0.2, -0.15) is 0 Å². The number of sulfonamides is 1. The number of carbonyl (C=O) groups excluding carboxylic acids is 1. The van der Waals surface area contributed by atoms with Gasteiger partial charge in [-0.3, -0.25) is 14.9 Å². The highest BCUT2D eigenvalue weighted by molar-refractivity contribution is 7.89. The average Bonchev–Trinajstić information content (AvgIpc) is 2.71. The molecule has 1 unspecified atom stereocenters. The van der Waals surface area contributed by atoms with Crippen molar-refractivity contribution in [3.05, 3.63) is 69.8 Å². The van der Waals surface area contributed by atoms with E-state index in [1.54, 1.807) is 0 Å². The number of amides is 1. The molecule has 1 amide bonds. The molecule has 8 nitrogen and oxygen atoms in total. The first-order valence-corrected chi connectivity index (χ1v) is 10.9. The summed E-state index contributed by atoms with van der Waals surface area (Å²) in [5.74, 6) is 0.0581. The maximum atomic E-state index is 12.3. The van der Waals surface area contributed by atoms with E-state index in [-0.39, 0.29) is 35.5 Å². The molecule has 9 heteroatoms. The zero-order valence-electron chi connectivity index (χ0n) is 15.8. The van der Waals surface area contributed by atoms with E-state index >= 15 is 0 Å². The molecule has 0 spiro atoms. The van der Waals surface area contributed by atoms with E-state index in [0.717, 1.165) is 25.3 Å². The van der Waals surface area contributed by atoms with Crippen molar-refractivity contribution >= 4 is 21.6 Å². The Labute approximate surface area is 169 Å². The van der Waals surface area contributed by atoms with Crippen LogP contribution in [-0.4, -0.2) is 32.3 Å². The predicted octanol–water partition coefficient (Wildman–Crippen LogP) is 2.50. The van der Waals surface area contributed by atoms with Crippen molar-refractivity contribution in [1.29, 1.82) is 0 Å². The third-order valence-electron chi connectivity index (χ3n) is 5.00. The minimum absolute atomic E-state index is 0.00197. The van der Waals surface area contributed by atoms with Crippen LogP contribution in [0.5, 0.6) is 0 Å². The van der Waals surface area contributed by atoms with Crippen LogP contribution in [-0.2, 0) is 21.2 Å². The second kappa shape index (κ2) is 9.15. The van der Waals surface area contributed by atoms with Gasteiger partial charge < -0.3 is 5.32 Å². The molecule has 29 heavy (non-hydrogen) atoms. The van der Waals surface area contributed by atoms with Gasteiger partial charge in [-0.05, 0) is 42.4 Å². The van der Waals surface area contributed by atoms with Gasteiger partial charge in [-0.25, -0.2) is 13.1 Å². The molecule has 3 rings (SSSR count). The summed E-state index contributed by atoms with van der Waals surface area (Å²) in [6.07, 6.45) is 3.42. The van der Waals surface area contributed by atoms with Crippen LogP contribution in [0, 0.1) is 10.1 Å². The number of nitro benzene ring substituents is 1. The Morgan fingerprint density at radius 2 is 1.93 bits per heavy atom. The summed E-state index contributed by atoms with van der Waals surface area (Å²) < 4.78 is 26.9. The molecule has 1 aliphatic rings. The standard InChI is InChI=1S/C20H23N3O5S/c24-20(13-16-7-3-6-15-5-1-2-10-19(15)16)21-11-12-22-29(27,28)18-9-4-8-17(14-18)23(25)26/h1-2,4-5,8-10,14,16,22H,3,6-7,11-13H2,(H,21,24). The summed E-state index contributed by atoms with van der Waals surface area (Å²) in [6, 6.07) is 13.0. The van der Waals surface area contributed by atoms with Crippen LogP contribution >= 0.6 is 0 Å². The predicted molar refractivity (Wildman–Crippen MR) is 108 cm³/mol. The Bertz CT molecular complexity index is 1010. The minimum Gasteiger partial charge on any atom is -0.355 e. The number of fused-ring (bicyclic) bond motifs is 1. The van der Waals surface area contributed by atoms with Crippen LogP contribution in [0.3, 0.4) is 0 Å². The number of hydrogen-bond acceptors (Lipinski definition) is 5. The Morgan fingerprint density at radius 1 is 1.14 bits per heavy atom. The molecule has 0 bridgehead atoms. The molecule has 2 aromatic rings. The van der Waals surface area contributed by atoms with Crippen molar-refractivity contribution in [2.45, 2.75) is 36.5 Å². The molecule has 0 aromatic heterocycles. The molecule has 0 fully saturated rings. The van der Waals surface area contributed by atoms with Crippen LogP contribution in [0.4, 0.5) is 5.69 Å². The van der Waals surface area contributed by atoms with Gasteiger partial charge in [-0.15, -0.1) is 0 Å². The lowest BCUT2D eigenvalue weighted by Crippen LogP contribution is -2.35. The Hall–Kier alpha value is -2.78. The van der Waals surface area contributed by atoms with Crippen molar-refractivity contribution in [3.63, 3.8) is 0 Å². The van der Waals surface area contributed by atoms with Crippen molar-refractivity contribution in [2.24, 2.45) is 0 Å². The number of non-ortho nitro benzene ring substituents is 1. The molecule has 154 valence electrons. The average molecular weight is 417 g/mol. The number of nitrogens with zero attached hydrogens (tertiary/aromatic N) is 1. The Morgan fingerprint density at radius 3 is 2.72 bits per heavy atom. The topological polar surface area (TPSA) is 118 Å². The number of carbonyl (C=O) groups is 1. The van der Waals surface area contributed by atoms with E-state index in [4.69, 9.17) is 0 Å². The van der Waals surface area contributed by atoms with E-state index in [1.165, 1.54) is 29.3 Å². The van der Waals surface area contributed by atoms with E-state index < -0.39 is 14.9 Å². The molecule has 1 atom stereocenters. The summed E-state index contributed by atoms with van der Waals surface area (Å²) in [4.78, 5) is 22.2. The lowest BCUT2D eigenvalue weighted by atomic mass is 9.81. The maximum absolute atomic E-state index is 12.3. The van der Waals surface area contributed by atoms with E-state index in [9.17, 15) is 23.3 Å². The number of hydrogen-bond donors (Lipinski definition) is 2. The molecule has 1 aliphatic carbocycles. The molecular formula is C20H23N3O5S. The third-order valence-corrected chi connectivity index (χ3v) is 6.46. The van der Waals surface area contributed by atoms with E-state index in [2.05, 4.69) is 22.2 Å². The fraction of sp³-hybridized carbons (Fsp3) is 0.350. The molecule has 0 saturated heterocycles. The molecule has 0 radical (unpaired) electrons. The van der Waals surface area contributed by atoms with Crippen LogP contribution < -0.4 is 10.0 Å². The highest BCUT2D eigenvalue weighted by atomic mass is 32.2. The highest BCUT2D eigenvalue weighted by Gasteiger charge is 2.22. The molecule has 0 saturated carbocycles. The van der Waals surface area contributed by atoms with Crippen molar-refractivity contribution < 1.29 is 18.1 Å². The fourth-order valence-electron chi connectivity index (χ4n) is 3.60. The SMILES string of the molecule is O=C(CC1CCCc2ccccc21)NCCNS(=O)(=O)c1cccc([N+](=O)[O-])c1. The van der Waals surface area contributed by atoms with Crippen LogP contribution in [0.2, 0.25) is 0 Å². The number of nitrogens with one attached hydrogen (secondary N) is 2. The van der Waals surface area contributed by atoms with Gasteiger partial charge in [0.05, 0.1) is 9.82 Å². The first-order chi connectivity index (χ1) is 13.9. The van der Waals surface area contributed by atoms with Crippen LogP contribution in [0.25, 0.3) is 0 Å². The summed E-state index contributed by atoms with van der Waals surface area (Å²) >= 11 is 0. The smallest absolute Gasteiger partial charge is 0.270 e. The second-order valence-corrected chi connectivity index (χ2v) is 8.76. The van der Waals surface area contributed by atoms with Crippen molar-refractivity contribution in [2.75, 3.05) is 13.1 Å².